The van der Waals surface area contributed by atoms with Crippen LogP contribution in [0.15, 0.2) is 0 Å². The van der Waals surface area contributed by atoms with Crippen LogP contribution < -0.4 is 5.32 Å². The zero-order valence-corrected chi connectivity index (χ0v) is 10.3. The van der Waals surface area contributed by atoms with Gasteiger partial charge in [-0.25, -0.2) is 0 Å². The van der Waals surface area contributed by atoms with Crippen molar-refractivity contribution in [2.75, 3.05) is 13.7 Å². The van der Waals surface area contributed by atoms with Crippen molar-refractivity contribution in [2.24, 2.45) is 11.3 Å². The standard InChI is InChI=1S/C12H25NO/c1-6-13-11(12(2,3)4)10(14-5)9-7-8-9/h9-11,13H,6-8H2,1-5H3. The summed E-state index contributed by atoms with van der Waals surface area (Å²) in [6.45, 7) is 10.0. The topological polar surface area (TPSA) is 21.3 Å². The summed E-state index contributed by atoms with van der Waals surface area (Å²) in [6, 6.07) is 0.477. The van der Waals surface area contributed by atoms with Crippen molar-refractivity contribution in [2.45, 2.75) is 52.7 Å². The summed E-state index contributed by atoms with van der Waals surface area (Å²) in [5.74, 6) is 0.795. The van der Waals surface area contributed by atoms with E-state index in [-0.39, 0.29) is 5.41 Å². The molecule has 2 heteroatoms. The summed E-state index contributed by atoms with van der Waals surface area (Å²) < 4.78 is 5.65. The molecule has 2 nitrogen and oxygen atoms in total. The van der Waals surface area contributed by atoms with Crippen LogP contribution in [-0.2, 0) is 4.74 Å². The molecule has 1 saturated carbocycles. The van der Waals surface area contributed by atoms with Crippen LogP contribution in [0.1, 0.15) is 40.5 Å². The lowest BCUT2D eigenvalue weighted by molar-refractivity contribution is 0.0148. The Morgan fingerprint density at radius 3 is 2.21 bits per heavy atom. The van der Waals surface area contributed by atoms with Gasteiger partial charge in [-0.3, -0.25) is 0 Å². The first-order valence-electron chi connectivity index (χ1n) is 5.77. The molecule has 0 amide bonds. The molecule has 2 unspecified atom stereocenters. The number of likely N-dealkylation sites (N-methyl/N-ethyl adjacent to an activating group) is 1. The molecule has 0 aliphatic heterocycles. The maximum absolute atomic E-state index is 5.65. The van der Waals surface area contributed by atoms with Gasteiger partial charge in [0.25, 0.3) is 0 Å². The Bertz CT molecular complexity index is 170. The van der Waals surface area contributed by atoms with Gasteiger partial charge in [-0.2, -0.15) is 0 Å². The minimum Gasteiger partial charge on any atom is -0.380 e. The molecule has 1 N–H and O–H groups in total. The van der Waals surface area contributed by atoms with Crippen LogP contribution in [0.2, 0.25) is 0 Å². The van der Waals surface area contributed by atoms with E-state index in [4.69, 9.17) is 4.74 Å². The third-order valence-electron chi connectivity index (χ3n) is 3.04. The number of rotatable bonds is 5. The number of hydrogen-bond donors (Lipinski definition) is 1. The fourth-order valence-corrected chi connectivity index (χ4v) is 2.16. The van der Waals surface area contributed by atoms with Crippen LogP contribution in [0.5, 0.6) is 0 Å². The summed E-state index contributed by atoms with van der Waals surface area (Å²) in [7, 11) is 1.85. The van der Waals surface area contributed by atoms with Gasteiger partial charge in [0.15, 0.2) is 0 Å². The molecule has 1 aliphatic carbocycles. The largest absolute Gasteiger partial charge is 0.380 e. The Hall–Kier alpha value is -0.0800. The highest BCUT2D eigenvalue weighted by Crippen LogP contribution is 2.39. The van der Waals surface area contributed by atoms with Gasteiger partial charge in [0.05, 0.1) is 6.10 Å². The SMILES string of the molecule is CCNC(C(OC)C1CC1)C(C)(C)C. The van der Waals surface area contributed by atoms with E-state index in [1.807, 2.05) is 7.11 Å². The predicted octanol–water partition coefficient (Wildman–Crippen LogP) is 2.44. The number of nitrogens with one attached hydrogen (secondary N) is 1. The van der Waals surface area contributed by atoms with E-state index >= 15 is 0 Å². The Balaban J connectivity index is 2.63. The van der Waals surface area contributed by atoms with Crippen LogP contribution in [0.4, 0.5) is 0 Å². The van der Waals surface area contributed by atoms with E-state index in [0.717, 1.165) is 12.5 Å². The van der Waals surface area contributed by atoms with E-state index in [9.17, 15) is 0 Å². The van der Waals surface area contributed by atoms with Gasteiger partial charge in [-0.1, -0.05) is 27.7 Å². The van der Waals surface area contributed by atoms with E-state index in [1.165, 1.54) is 12.8 Å². The molecule has 1 fully saturated rings. The zero-order chi connectivity index (χ0) is 10.8. The second-order valence-corrected chi connectivity index (χ2v) is 5.44. The highest BCUT2D eigenvalue weighted by molar-refractivity contribution is 4.95. The van der Waals surface area contributed by atoms with Gasteiger partial charge >= 0.3 is 0 Å². The first-order valence-corrected chi connectivity index (χ1v) is 5.77. The second kappa shape index (κ2) is 4.63. The summed E-state index contributed by atoms with van der Waals surface area (Å²) in [6.07, 6.45) is 3.09. The molecule has 0 heterocycles. The molecular formula is C12H25NO. The van der Waals surface area contributed by atoms with Crippen molar-refractivity contribution in [3.63, 3.8) is 0 Å². The molecular weight excluding hydrogens is 174 g/mol. The highest BCUT2D eigenvalue weighted by atomic mass is 16.5. The van der Waals surface area contributed by atoms with Crippen molar-refractivity contribution >= 4 is 0 Å². The van der Waals surface area contributed by atoms with Crippen LogP contribution in [-0.4, -0.2) is 25.8 Å². The van der Waals surface area contributed by atoms with Crippen LogP contribution >= 0.6 is 0 Å². The van der Waals surface area contributed by atoms with Gasteiger partial charge in [-0.15, -0.1) is 0 Å². The van der Waals surface area contributed by atoms with Gasteiger partial charge in [0, 0.05) is 13.2 Å². The molecule has 0 aromatic carbocycles. The van der Waals surface area contributed by atoms with Crippen molar-refractivity contribution in [1.29, 1.82) is 0 Å². The monoisotopic (exact) mass is 199 g/mol. The first kappa shape index (κ1) is 12.0. The minimum absolute atomic E-state index is 0.277. The smallest absolute Gasteiger partial charge is 0.0757 e. The van der Waals surface area contributed by atoms with Crippen molar-refractivity contribution in [1.82, 2.24) is 5.32 Å². The molecule has 0 bridgehead atoms. The maximum atomic E-state index is 5.65. The molecule has 0 spiro atoms. The molecule has 1 rings (SSSR count). The van der Waals surface area contributed by atoms with Gasteiger partial charge in [0.1, 0.15) is 0 Å². The minimum atomic E-state index is 0.277. The molecule has 0 aromatic rings. The van der Waals surface area contributed by atoms with Crippen molar-refractivity contribution in [3.05, 3.63) is 0 Å². The lowest BCUT2D eigenvalue weighted by atomic mass is 9.81. The fraction of sp³-hybridized carbons (Fsp3) is 1.00. The average molecular weight is 199 g/mol. The molecule has 0 radical (unpaired) electrons. The predicted molar refractivity (Wildman–Crippen MR) is 60.4 cm³/mol. The molecule has 1 aliphatic rings. The van der Waals surface area contributed by atoms with E-state index in [0.29, 0.717) is 12.1 Å². The average Bonchev–Trinajstić information content (AvgIpc) is 2.86. The Morgan fingerprint density at radius 2 is 1.93 bits per heavy atom. The normalized spacial score (nSPS) is 22.1. The Labute approximate surface area is 88.4 Å². The quantitative estimate of drug-likeness (QED) is 0.734. The third kappa shape index (κ3) is 2.96. The third-order valence-corrected chi connectivity index (χ3v) is 3.04. The van der Waals surface area contributed by atoms with Crippen molar-refractivity contribution in [3.8, 4) is 0 Å². The Kier molecular flexibility index (Phi) is 3.96. The number of hydrogen-bond acceptors (Lipinski definition) is 2. The molecule has 14 heavy (non-hydrogen) atoms. The molecule has 2 atom stereocenters. The fourth-order valence-electron chi connectivity index (χ4n) is 2.16. The summed E-state index contributed by atoms with van der Waals surface area (Å²) in [5, 5.41) is 3.57. The molecule has 0 aromatic heterocycles. The summed E-state index contributed by atoms with van der Waals surface area (Å²) in [4.78, 5) is 0. The molecule has 0 saturated heterocycles. The first-order chi connectivity index (χ1) is 6.50. The lowest BCUT2D eigenvalue weighted by Gasteiger charge is -2.37. The number of methoxy groups -OCH3 is 1. The maximum Gasteiger partial charge on any atom is 0.0757 e. The lowest BCUT2D eigenvalue weighted by Crippen LogP contribution is -2.50. The second-order valence-electron chi connectivity index (χ2n) is 5.44. The van der Waals surface area contributed by atoms with Crippen LogP contribution in [0.25, 0.3) is 0 Å². The highest BCUT2D eigenvalue weighted by Gasteiger charge is 2.41. The zero-order valence-electron chi connectivity index (χ0n) is 10.3. The van der Waals surface area contributed by atoms with E-state index in [2.05, 4.69) is 33.0 Å². The van der Waals surface area contributed by atoms with Gasteiger partial charge < -0.3 is 10.1 Å². The molecule has 84 valence electrons. The number of ether oxygens (including phenoxy) is 1. The summed E-state index contributed by atoms with van der Waals surface area (Å²) >= 11 is 0. The van der Waals surface area contributed by atoms with Crippen LogP contribution in [0.3, 0.4) is 0 Å². The van der Waals surface area contributed by atoms with Crippen LogP contribution in [0, 0.1) is 11.3 Å². The van der Waals surface area contributed by atoms with Crippen molar-refractivity contribution < 1.29 is 4.74 Å². The van der Waals surface area contributed by atoms with E-state index < -0.39 is 0 Å². The summed E-state index contributed by atoms with van der Waals surface area (Å²) in [5.41, 5.74) is 0.277. The van der Waals surface area contributed by atoms with Gasteiger partial charge in [-0.05, 0) is 30.7 Å². The van der Waals surface area contributed by atoms with E-state index in [1.54, 1.807) is 0 Å². The van der Waals surface area contributed by atoms with Gasteiger partial charge in [0.2, 0.25) is 0 Å². The Morgan fingerprint density at radius 1 is 1.36 bits per heavy atom.